The number of pyridine rings is 1. The lowest BCUT2D eigenvalue weighted by molar-refractivity contribution is -0.139. The molecule has 2 aromatic rings. The highest BCUT2D eigenvalue weighted by Crippen LogP contribution is 2.39. The van der Waals surface area contributed by atoms with Gasteiger partial charge in [0.1, 0.15) is 11.5 Å². The number of nitrogens with zero attached hydrogens (tertiary/aromatic N) is 2. The molecule has 1 aromatic carbocycles. The van der Waals surface area contributed by atoms with E-state index >= 15 is 0 Å². The summed E-state index contributed by atoms with van der Waals surface area (Å²) in [7, 11) is 0. The van der Waals surface area contributed by atoms with E-state index in [1.165, 1.54) is 0 Å². The molecule has 1 aliphatic heterocycles. The Kier molecular flexibility index (Phi) is 7.45. The Hall–Kier alpha value is -3.15. The van der Waals surface area contributed by atoms with Crippen LogP contribution in [0.2, 0.25) is 0 Å². The minimum Gasteiger partial charge on any atom is -0.507 e. The number of amides is 1. The lowest BCUT2D eigenvalue weighted by atomic mass is 9.96. The van der Waals surface area contributed by atoms with Gasteiger partial charge >= 0.3 is 0 Å². The molecule has 2 heterocycles. The molecular formula is C25H30N2O4. The Bertz CT molecular complexity index is 936. The van der Waals surface area contributed by atoms with Gasteiger partial charge in [0.2, 0.25) is 0 Å². The first-order valence-corrected chi connectivity index (χ1v) is 10.9. The van der Waals surface area contributed by atoms with Crippen molar-refractivity contribution in [1.82, 2.24) is 9.88 Å². The minimum absolute atomic E-state index is 0.102. The van der Waals surface area contributed by atoms with Crippen molar-refractivity contribution < 1.29 is 19.4 Å². The number of hydrogen-bond acceptors (Lipinski definition) is 5. The van der Waals surface area contributed by atoms with Crippen LogP contribution >= 0.6 is 0 Å². The van der Waals surface area contributed by atoms with Gasteiger partial charge < -0.3 is 14.7 Å². The lowest BCUT2D eigenvalue weighted by Crippen LogP contribution is -2.30. The molecule has 1 fully saturated rings. The molecule has 6 heteroatoms. The van der Waals surface area contributed by atoms with Crippen LogP contribution in [0.1, 0.15) is 57.2 Å². The van der Waals surface area contributed by atoms with Crippen molar-refractivity contribution in [3.8, 4) is 5.75 Å². The maximum Gasteiger partial charge on any atom is 0.295 e. The average Bonchev–Trinajstić information content (AvgIpc) is 3.03. The summed E-state index contributed by atoms with van der Waals surface area (Å²) >= 11 is 0. The van der Waals surface area contributed by atoms with E-state index in [0.717, 1.165) is 19.3 Å². The van der Waals surface area contributed by atoms with Gasteiger partial charge in [0.25, 0.3) is 11.7 Å². The third-order valence-electron chi connectivity index (χ3n) is 5.25. The Morgan fingerprint density at radius 2 is 1.90 bits per heavy atom. The maximum absolute atomic E-state index is 12.9. The summed E-state index contributed by atoms with van der Waals surface area (Å²) in [4.78, 5) is 31.5. The topological polar surface area (TPSA) is 79.7 Å². The van der Waals surface area contributed by atoms with Crippen LogP contribution < -0.4 is 4.74 Å². The van der Waals surface area contributed by atoms with Gasteiger partial charge in [0.05, 0.1) is 18.2 Å². The molecule has 0 aliphatic carbocycles. The summed E-state index contributed by atoms with van der Waals surface area (Å²) in [5, 5.41) is 11.1. The number of aromatic nitrogens is 1. The van der Waals surface area contributed by atoms with E-state index in [9.17, 15) is 14.7 Å². The summed E-state index contributed by atoms with van der Waals surface area (Å²) in [6.07, 6.45) is 6.04. The van der Waals surface area contributed by atoms with Crippen molar-refractivity contribution in [2.45, 2.75) is 46.1 Å². The number of ketones is 1. The van der Waals surface area contributed by atoms with Crippen LogP contribution in [0.4, 0.5) is 0 Å². The van der Waals surface area contributed by atoms with Gasteiger partial charge in [-0.15, -0.1) is 0 Å². The summed E-state index contributed by atoms with van der Waals surface area (Å²) in [5.74, 6) is -0.336. The van der Waals surface area contributed by atoms with E-state index in [1.54, 1.807) is 47.6 Å². The van der Waals surface area contributed by atoms with E-state index in [0.29, 0.717) is 35.9 Å². The van der Waals surface area contributed by atoms with E-state index in [2.05, 4.69) is 25.8 Å². The predicted molar refractivity (Wildman–Crippen MR) is 120 cm³/mol. The second-order valence-electron chi connectivity index (χ2n) is 8.22. The van der Waals surface area contributed by atoms with Crippen LogP contribution in [0.5, 0.6) is 5.75 Å². The van der Waals surface area contributed by atoms with Crippen LogP contribution in [-0.2, 0) is 9.59 Å². The Labute approximate surface area is 183 Å². The van der Waals surface area contributed by atoms with Gasteiger partial charge in [-0.3, -0.25) is 14.6 Å². The SMILES string of the molecule is CCCCCN1C(=O)C(=O)/C(=C(\O)c2ccc(OCC(C)C)cc2)C1c1cccnc1. The van der Waals surface area contributed by atoms with Crippen molar-refractivity contribution in [2.24, 2.45) is 5.92 Å². The highest BCUT2D eigenvalue weighted by atomic mass is 16.5. The van der Waals surface area contributed by atoms with E-state index < -0.39 is 17.7 Å². The Balaban J connectivity index is 1.98. The molecule has 1 N–H and O–H groups in total. The number of unbranched alkanes of at least 4 members (excludes halogenated alkanes) is 2. The molecule has 1 saturated heterocycles. The van der Waals surface area contributed by atoms with Gasteiger partial charge in [-0.25, -0.2) is 0 Å². The molecule has 31 heavy (non-hydrogen) atoms. The first kappa shape index (κ1) is 22.5. The first-order chi connectivity index (χ1) is 14.9. The van der Waals surface area contributed by atoms with E-state index in [4.69, 9.17) is 4.74 Å². The van der Waals surface area contributed by atoms with Crippen LogP contribution in [0, 0.1) is 5.92 Å². The molecule has 0 radical (unpaired) electrons. The highest BCUT2D eigenvalue weighted by molar-refractivity contribution is 6.46. The van der Waals surface area contributed by atoms with Crippen LogP contribution in [0.3, 0.4) is 0 Å². The Morgan fingerprint density at radius 3 is 2.52 bits per heavy atom. The summed E-state index contributed by atoms with van der Waals surface area (Å²) in [6, 6.07) is 9.87. The van der Waals surface area contributed by atoms with Crippen LogP contribution in [-0.4, -0.2) is 39.8 Å². The number of aliphatic hydroxyl groups excluding tert-OH is 1. The maximum atomic E-state index is 12.9. The van der Waals surface area contributed by atoms with Gasteiger partial charge in [-0.1, -0.05) is 39.7 Å². The standard InChI is InChI=1S/C25H30N2O4/c1-4-5-6-14-27-22(19-8-7-13-26-15-19)21(24(29)25(27)30)23(28)18-9-11-20(12-10-18)31-16-17(2)3/h7-13,15,17,22,28H,4-6,14,16H2,1-3H3/b23-21-. The van der Waals surface area contributed by atoms with Crippen molar-refractivity contribution in [2.75, 3.05) is 13.2 Å². The normalized spacial score (nSPS) is 18.1. The average molecular weight is 423 g/mol. The second-order valence-corrected chi connectivity index (χ2v) is 8.22. The van der Waals surface area contributed by atoms with E-state index in [-0.39, 0.29) is 11.3 Å². The number of likely N-dealkylation sites (tertiary alicyclic amines) is 1. The lowest BCUT2D eigenvalue weighted by Gasteiger charge is -2.25. The summed E-state index contributed by atoms with van der Waals surface area (Å²) < 4.78 is 5.69. The molecule has 1 unspecified atom stereocenters. The molecule has 0 spiro atoms. The van der Waals surface area contributed by atoms with Crippen molar-refractivity contribution in [3.05, 3.63) is 65.5 Å². The molecule has 1 aromatic heterocycles. The predicted octanol–water partition coefficient (Wildman–Crippen LogP) is 4.73. The number of ether oxygens (including phenoxy) is 1. The number of carbonyl (C=O) groups is 2. The monoisotopic (exact) mass is 422 g/mol. The molecule has 1 aliphatic rings. The molecule has 0 saturated carbocycles. The quantitative estimate of drug-likeness (QED) is 0.274. The fourth-order valence-electron chi connectivity index (χ4n) is 3.65. The zero-order valence-corrected chi connectivity index (χ0v) is 18.4. The highest BCUT2D eigenvalue weighted by Gasteiger charge is 2.45. The molecule has 3 rings (SSSR count). The second kappa shape index (κ2) is 10.2. The van der Waals surface area contributed by atoms with Crippen molar-refractivity contribution in [1.29, 1.82) is 0 Å². The number of carbonyl (C=O) groups excluding carboxylic acids is 2. The zero-order chi connectivity index (χ0) is 22.4. The fraction of sp³-hybridized carbons (Fsp3) is 0.400. The van der Waals surface area contributed by atoms with Gasteiger partial charge in [-0.05, 0) is 48.2 Å². The Morgan fingerprint density at radius 1 is 1.16 bits per heavy atom. The molecule has 0 bridgehead atoms. The van der Waals surface area contributed by atoms with Crippen molar-refractivity contribution >= 4 is 17.4 Å². The number of rotatable bonds is 9. The molecule has 1 atom stereocenters. The minimum atomic E-state index is -0.664. The number of Topliss-reactive ketones (excluding diaryl/α,β-unsaturated/α-hetero) is 1. The third-order valence-corrected chi connectivity index (χ3v) is 5.25. The van der Waals surface area contributed by atoms with E-state index in [1.807, 2.05) is 6.07 Å². The molecule has 6 nitrogen and oxygen atoms in total. The molecule has 164 valence electrons. The molecule has 1 amide bonds. The van der Waals surface area contributed by atoms with Crippen LogP contribution in [0.25, 0.3) is 5.76 Å². The number of hydrogen-bond donors (Lipinski definition) is 1. The largest absolute Gasteiger partial charge is 0.507 e. The smallest absolute Gasteiger partial charge is 0.295 e. The van der Waals surface area contributed by atoms with Gasteiger partial charge in [0, 0.05) is 24.5 Å². The number of benzene rings is 1. The molecular weight excluding hydrogens is 392 g/mol. The fourth-order valence-corrected chi connectivity index (χ4v) is 3.65. The zero-order valence-electron chi connectivity index (χ0n) is 18.4. The first-order valence-electron chi connectivity index (χ1n) is 10.9. The van der Waals surface area contributed by atoms with Crippen molar-refractivity contribution in [3.63, 3.8) is 0 Å². The summed E-state index contributed by atoms with van der Waals surface area (Å²) in [6.45, 7) is 7.27. The summed E-state index contributed by atoms with van der Waals surface area (Å²) in [5.41, 5.74) is 1.28. The van der Waals surface area contributed by atoms with Gasteiger partial charge in [-0.2, -0.15) is 0 Å². The third kappa shape index (κ3) is 5.13. The van der Waals surface area contributed by atoms with Gasteiger partial charge in [0.15, 0.2) is 0 Å². The number of aliphatic hydroxyl groups is 1. The van der Waals surface area contributed by atoms with Crippen LogP contribution in [0.15, 0.2) is 54.4 Å².